The van der Waals surface area contributed by atoms with Crippen LogP contribution in [0.5, 0.6) is 0 Å². The van der Waals surface area contributed by atoms with Crippen LogP contribution in [0.25, 0.3) is 0 Å². The number of anilines is 2. The molecule has 0 spiro atoms. The van der Waals surface area contributed by atoms with Crippen molar-refractivity contribution in [2.75, 3.05) is 4.90 Å². The van der Waals surface area contributed by atoms with Gasteiger partial charge < -0.3 is 9.47 Å². The number of amides is 1. The highest BCUT2D eigenvalue weighted by molar-refractivity contribution is 6.34. The molecule has 2 rings (SSSR count). The van der Waals surface area contributed by atoms with Gasteiger partial charge in [-0.25, -0.2) is 19.5 Å². The van der Waals surface area contributed by atoms with Crippen LogP contribution in [-0.2, 0) is 9.47 Å². The zero-order valence-corrected chi connectivity index (χ0v) is 17.9. The average molecular weight is 430 g/mol. The van der Waals surface area contributed by atoms with Gasteiger partial charge in [0.15, 0.2) is 11.6 Å². The Labute approximate surface area is 172 Å². The number of ether oxygens (including phenoxy) is 2. The molecule has 0 aliphatic carbocycles. The molecule has 0 saturated heterocycles. The van der Waals surface area contributed by atoms with Crippen LogP contribution in [0.1, 0.15) is 41.5 Å². The van der Waals surface area contributed by atoms with Gasteiger partial charge in [0, 0.05) is 12.3 Å². The van der Waals surface area contributed by atoms with Crippen LogP contribution in [0.15, 0.2) is 18.5 Å². The van der Waals surface area contributed by atoms with Gasteiger partial charge in [-0.2, -0.15) is 9.67 Å². The molecule has 0 radical (unpaired) electrons. The van der Waals surface area contributed by atoms with E-state index in [1.165, 1.54) is 18.5 Å². The van der Waals surface area contributed by atoms with Gasteiger partial charge in [0.05, 0.1) is 6.20 Å². The molecule has 0 fully saturated rings. The quantitative estimate of drug-likeness (QED) is 0.629. The summed E-state index contributed by atoms with van der Waals surface area (Å²) in [6.45, 7) is 10.3. The maximum absolute atomic E-state index is 12.8. The Hall–Kier alpha value is -2.39. The molecule has 0 aromatic carbocycles. The van der Waals surface area contributed by atoms with Crippen molar-refractivity contribution in [3.05, 3.63) is 28.8 Å². The van der Waals surface area contributed by atoms with Gasteiger partial charge in [-0.05, 0) is 53.1 Å². The Kier molecular flexibility index (Phi) is 6.20. The van der Waals surface area contributed by atoms with Crippen molar-refractivity contribution in [3.8, 4) is 0 Å². The van der Waals surface area contributed by atoms with Crippen molar-refractivity contribution in [3.63, 3.8) is 0 Å². The number of rotatable bonds is 2. The molecular weight excluding hydrogens is 409 g/mol. The molecule has 0 aliphatic heterocycles. The first kappa shape index (κ1) is 21.9. The van der Waals surface area contributed by atoms with E-state index in [1.807, 2.05) is 0 Å². The first-order valence-corrected chi connectivity index (χ1v) is 9.02. The van der Waals surface area contributed by atoms with Crippen molar-refractivity contribution >= 4 is 47.0 Å². The maximum Gasteiger partial charge on any atom is 0.435 e. The summed E-state index contributed by atoms with van der Waals surface area (Å²) < 4.78 is 11.6. The number of hydrogen-bond acceptors (Lipinski definition) is 7. The highest BCUT2D eigenvalue weighted by Gasteiger charge is 2.30. The second-order valence-electron chi connectivity index (χ2n) is 7.73. The van der Waals surface area contributed by atoms with E-state index in [-0.39, 0.29) is 21.9 Å². The topological polar surface area (TPSA) is 99.4 Å². The third kappa shape index (κ3) is 5.80. The molecule has 2 heterocycles. The fourth-order valence-corrected chi connectivity index (χ4v) is 2.24. The molecule has 11 heteroatoms. The van der Waals surface area contributed by atoms with E-state index in [0.29, 0.717) is 0 Å². The Morgan fingerprint density at radius 3 is 2.25 bits per heavy atom. The van der Waals surface area contributed by atoms with Crippen molar-refractivity contribution in [2.45, 2.75) is 52.7 Å². The SMILES string of the molecule is CC(C)(C)OC(=O)N(c1ccn(C(=O)OC(C)(C)C)n1)c1nc(Cl)ncc1Cl. The third-order valence-corrected chi connectivity index (χ3v) is 3.32. The first-order chi connectivity index (χ1) is 12.8. The van der Waals surface area contributed by atoms with Crippen molar-refractivity contribution < 1.29 is 19.1 Å². The zero-order valence-electron chi connectivity index (χ0n) is 16.4. The molecular formula is C17H21Cl2N5O4. The minimum atomic E-state index is -0.807. The van der Waals surface area contributed by atoms with Gasteiger partial charge in [-0.1, -0.05) is 11.6 Å². The fraction of sp³-hybridized carbons (Fsp3) is 0.471. The van der Waals surface area contributed by atoms with Crippen LogP contribution in [0.3, 0.4) is 0 Å². The summed E-state index contributed by atoms with van der Waals surface area (Å²) in [5.41, 5.74) is -1.51. The van der Waals surface area contributed by atoms with Crippen LogP contribution in [0.2, 0.25) is 10.3 Å². The molecule has 0 saturated carbocycles. The number of nitrogens with zero attached hydrogens (tertiary/aromatic N) is 5. The Morgan fingerprint density at radius 1 is 1.07 bits per heavy atom. The first-order valence-electron chi connectivity index (χ1n) is 8.27. The van der Waals surface area contributed by atoms with E-state index >= 15 is 0 Å². The zero-order chi connectivity index (χ0) is 21.3. The van der Waals surface area contributed by atoms with Crippen molar-refractivity contribution in [2.24, 2.45) is 0 Å². The standard InChI is InChI=1S/C17H21Cl2N5O4/c1-16(2,3)27-14(25)23-8-7-11(22-23)24(15(26)28-17(4,5)6)12-10(18)9-20-13(19)21-12/h7-9H,1-6H3. The Bertz CT molecular complexity index is 886. The minimum absolute atomic E-state index is 0.0367. The monoisotopic (exact) mass is 429 g/mol. The molecule has 0 N–H and O–H groups in total. The predicted molar refractivity (Wildman–Crippen MR) is 104 cm³/mol. The van der Waals surface area contributed by atoms with Crippen LogP contribution in [-0.4, -0.2) is 43.1 Å². The maximum atomic E-state index is 12.8. The number of carbonyl (C=O) groups excluding carboxylic acids is 2. The lowest BCUT2D eigenvalue weighted by molar-refractivity contribution is 0.0509. The van der Waals surface area contributed by atoms with E-state index in [1.54, 1.807) is 41.5 Å². The molecule has 1 amide bonds. The lowest BCUT2D eigenvalue weighted by Crippen LogP contribution is -2.35. The lowest BCUT2D eigenvalue weighted by Gasteiger charge is -2.25. The van der Waals surface area contributed by atoms with Gasteiger partial charge >= 0.3 is 12.2 Å². The normalized spacial score (nSPS) is 11.9. The molecule has 2 aromatic rings. The largest absolute Gasteiger partial charge is 0.443 e. The van der Waals surface area contributed by atoms with Crippen molar-refractivity contribution in [1.29, 1.82) is 0 Å². The number of hydrogen-bond donors (Lipinski definition) is 0. The lowest BCUT2D eigenvalue weighted by atomic mass is 10.2. The van der Waals surface area contributed by atoms with E-state index in [4.69, 9.17) is 32.7 Å². The molecule has 0 aliphatic rings. The second-order valence-corrected chi connectivity index (χ2v) is 8.47. The fourth-order valence-electron chi connectivity index (χ4n) is 1.93. The molecule has 0 bridgehead atoms. The smallest absolute Gasteiger partial charge is 0.435 e. The summed E-state index contributed by atoms with van der Waals surface area (Å²) in [4.78, 5) is 33.8. The highest BCUT2D eigenvalue weighted by atomic mass is 35.5. The van der Waals surface area contributed by atoms with Crippen LogP contribution in [0, 0.1) is 0 Å². The van der Waals surface area contributed by atoms with E-state index < -0.39 is 23.4 Å². The average Bonchev–Trinajstić information content (AvgIpc) is 2.97. The predicted octanol–water partition coefficient (Wildman–Crippen LogP) is 4.84. The minimum Gasteiger partial charge on any atom is -0.443 e. The second kappa shape index (κ2) is 7.92. The number of aromatic nitrogens is 4. The molecule has 9 nitrogen and oxygen atoms in total. The molecule has 2 aromatic heterocycles. The van der Waals surface area contributed by atoms with Crippen LogP contribution >= 0.6 is 23.2 Å². The molecule has 0 unspecified atom stereocenters. The van der Waals surface area contributed by atoms with Crippen LogP contribution in [0.4, 0.5) is 21.2 Å². The summed E-state index contributed by atoms with van der Waals surface area (Å²) in [5.74, 6) is 0.00197. The number of halogens is 2. The third-order valence-electron chi connectivity index (χ3n) is 2.87. The summed E-state index contributed by atoms with van der Waals surface area (Å²) in [6.07, 6.45) is 1.07. The molecule has 152 valence electrons. The van der Waals surface area contributed by atoms with E-state index in [9.17, 15) is 9.59 Å². The van der Waals surface area contributed by atoms with Gasteiger partial charge in [-0.15, -0.1) is 5.10 Å². The summed E-state index contributed by atoms with van der Waals surface area (Å²) in [6, 6.07) is 1.42. The van der Waals surface area contributed by atoms with E-state index in [0.717, 1.165) is 9.58 Å². The molecule has 0 atom stereocenters. The summed E-state index contributed by atoms with van der Waals surface area (Å²) in [7, 11) is 0. The van der Waals surface area contributed by atoms with Gasteiger partial charge in [-0.3, -0.25) is 0 Å². The Balaban J connectivity index is 2.47. The summed E-state index contributed by atoms with van der Waals surface area (Å²) >= 11 is 12.0. The van der Waals surface area contributed by atoms with Gasteiger partial charge in [0.1, 0.15) is 16.2 Å². The van der Waals surface area contributed by atoms with Crippen molar-refractivity contribution in [1.82, 2.24) is 19.7 Å². The molecule has 28 heavy (non-hydrogen) atoms. The van der Waals surface area contributed by atoms with Gasteiger partial charge in [0.25, 0.3) is 0 Å². The van der Waals surface area contributed by atoms with Crippen LogP contribution < -0.4 is 4.90 Å². The Morgan fingerprint density at radius 2 is 1.68 bits per heavy atom. The summed E-state index contributed by atoms with van der Waals surface area (Å²) in [5, 5.41) is 4.02. The van der Waals surface area contributed by atoms with Gasteiger partial charge in [0.2, 0.25) is 5.28 Å². The van der Waals surface area contributed by atoms with E-state index in [2.05, 4.69) is 15.1 Å². The highest BCUT2D eigenvalue weighted by Crippen LogP contribution is 2.31. The number of carbonyl (C=O) groups is 2.